The molecule has 4 atom stereocenters. The minimum absolute atomic E-state index is 0.00986. The molecular weight excluding hydrogens is 337 g/mol. The molecule has 148 valence electrons. The van der Waals surface area contributed by atoms with E-state index in [2.05, 4.69) is 10.6 Å². The Morgan fingerprint density at radius 3 is 2.65 bits per heavy atom. The van der Waals surface area contributed by atoms with Crippen LogP contribution in [-0.2, 0) is 14.3 Å². The van der Waals surface area contributed by atoms with Crippen molar-refractivity contribution in [3.05, 3.63) is 0 Å². The third-order valence-electron chi connectivity index (χ3n) is 6.13. The first-order valence-electron chi connectivity index (χ1n) is 10.1. The van der Waals surface area contributed by atoms with Gasteiger partial charge >= 0.3 is 0 Å². The molecule has 1 aliphatic heterocycles. The van der Waals surface area contributed by atoms with Crippen molar-refractivity contribution >= 4 is 11.8 Å². The molecule has 4 unspecified atom stereocenters. The maximum Gasteiger partial charge on any atom is 0.225 e. The van der Waals surface area contributed by atoms with Gasteiger partial charge in [-0.3, -0.25) is 9.59 Å². The fraction of sp³-hybridized carbons (Fsp3) is 0.895. The van der Waals surface area contributed by atoms with Gasteiger partial charge in [-0.05, 0) is 63.8 Å². The molecular formula is C19H32FN3O3. The number of ether oxygens (including phenoxy) is 1. The van der Waals surface area contributed by atoms with E-state index < -0.39 is 6.17 Å². The van der Waals surface area contributed by atoms with Gasteiger partial charge in [-0.15, -0.1) is 0 Å². The molecule has 2 amide bonds. The molecule has 0 aromatic heterocycles. The monoisotopic (exact) mass is 369 g/mol. The lowest BCUT2D eigenvalue weighted by Gasteiger charge is -2.38. The first kappa shape index (κ1) is 19.5. The van der Waals surface area contributed by atoms with Crippen LogP contribution in [0.3, 0.4) is 0 Å². The first-order valence-corrected chi connectivity index (χ1v) is 10.1. The summed E-state index contributed by atoms with van der Waals surface area (Å²) in [6.07, 6.45) is 5.30. The smallest absolute Gasteiger partial charge is 0.225 e. The summed E-state index contributed by atoms with van der Waals surface area (Å²) in [5.41, 5.74) is 5.85. The molecule has 2 aliphatic carbocycles. The van der Waals surface area contributed by atoms with Crippen molar-refractivity contribution in [1.82, 2.24) is 10.6 Å². The molecule has 4 N–H and O–H groups in total. The SMILES string of the molecule is NCC1CCC(C(=O)NC2CCNC(=O)C2)C(OC2CCC(F)CC2)C1. The van der Waals surface area contributed by atoms with E-state index in [-0.39, 0.29) is 36.0 Å². The van der Waals surface area contributed by atoms with E-state index in [1.165, 1.54) is 0 Å². The summed E-state index contributed by atoms with van der Waals surface area (Å²) >= 11 is 0. The standard InChI is InChI=1S/C19H32FN3O3/c20-13-2-4-15(5-3-13)26-17-9-12(11-21)1-6-16(17)19(25)23-14-7-8-22-18(24)10-14/h12-17H,1-11,21H2,(H,22,24)(H,23,25). The number of halogens is 1. The number of hydrogen-bond donors (Lipinski definition) is 3. The fourth-order valence-corrected chi connectivity index (χ4v) is 4.50. The lowest BCUT2D eigenvalue weighted by Crippen LogP contribution is -2.51. The quantitative estimate of drug-likeness (QED) is 0.683. The van der Waals surface area contributed by atoms with Crippen LogP contribution in [0.5, 0.6) is 0 Å². The average molecular weight is 369 g/mol. The van der Waals surface area contributed by atoms with Crippen molar-refractivity contribution in [2.24, 2.45) is 17.6 Å². The predicted octanol–water partition coefficient (Wildman–Crippen LogP) is 1.42. The Morgan fingerprint density at radius 1 is 1.19 bits per heavy atom. The van der Waals surface area contributed by atoms with Gasteiger partial charge in [-0.1, -0.05) is 0 Å². The zero-order valence-electron chi connectivity index (χ0n) is 15.4. The van der Waals surface area contributed by atoms with E-state index in [1.807, 2.05) is 0 Å². The highest BCUT2D eigenvalue weighted by Crippen LogP contribution is 2.34. The molecule has 0 aromatic carbocycles. The predicted molar refractivity (Wildman–Crippen MR) is 96.1 cm³/mol. The van der Waals surface area contributed by atoms with Crippen molar-refractivity contribution in [2.75, 3.05) is 13.1 Å². The number of piperidine rings is 1. The summed E-state index contributed by atoms with van der Waals surface area (Å²) in [4.78, 5) is 24.4. The second kappa shape index (κ2) is 9.13. The van der Waals surface area contributed by atoms with Gasteiger partial charge in [0.2, 0.25) is 11.8 Å². The Morgan fingerprint density at radius 2 is 1.96 bits per heavy atom. The third kappa shape index (κ3) is 5.16. The molecule has 3 rings (SSSR count). The van der Waals surface area contributed by atoms with Crippen LogP contribution in [0.25, 0.3) is 0 Å². The van der Waals surface area contributed by atoms with Crippen LogP contribution in [0, 0.1) is 11.8 Å². The minimum atomic E-state index is -0.713. The Hall–Kier alpha value is -1.21. The Bertz CT molecular complexity index is 496. The van der Waals surface area contributed by atoms with Crippen LogP contribution in [-0.4, -0.2) is 49.3 Å². The molecule has 3 aliphatic rings. The second-order valence-electron chi connectivity index (χ2n) is 8.12. The van der Waals surface area contributed by atoms with Gasteiger partial charge < -0.3 is 21.1 Å². The first-order chi connectivity index (χ1) is 12.5. The zero-order chi connectivity index (χ0) is 18.5. The number of nitrogens with two attached hydrogens (primary N) is 1. The summed E-state index contributed by atoms with van der Waals surface area (Å²) in [6.45, 7) is 1.21. The van der Waals surface area contributed by atoms with E-state index in [9.17, 15) is 14.0 Å². The van der Waals surface area contributed by atoms with E-state index in [0.29, 0.717) is 38.3 Å². The number of alkyl halides is 1. The lowest BCUT2D eigenvalue weighted by molar-refractivity contribution is -0.140. The Kier molecular flexibility index (Phi) is 6.86. The molecule has 3 fully saturated rings. The van der Waals surface area contributed by atoms with Crippen LogP contribution in [0.4, 0.5) is 4.39 Å². The van der Waals surface area contributed by atoms with Crippen LogP contribution in [0.2, 0.25) is 0 Å². The topological polar surface area (TPSA) is 93.5 Å². The molecule has 1 heterocycles. The maximum absolute atomic E-state index is 13.4. The molecule has 26 heavy (non-hydrogen) atoms. The molecule has 0 bridgehead atoms. The van der Waals surface area contributed by atoms with Gasteiger partial charge in [-0.2, -0.15) is 0 Å². The summed E-state index contributed by atoms with van der Waals surface area (Å²) in [6, 6.07) is -0.0916. The molecule has 0 spiro atoms. The highest BCUT2D eigenvalue weighted by molar-refractivity contribution is 5.82. The lowest BCUT2D eigenvalue weighted by atomic mass is 9.78. The number of rotatable bonds is 5. The van der Waals surface area contributed by atoms with Crippen LogP contribution >= 0.6 is 0 Å². The third-order valence-corrected chi connectivity index (χ3v) is 6.13. The second-order valence-corrected chi connectivity index (χ2v) is 8.12. The van der Waals surface area contributed by atoms with Crippen LogP contribution < -0.4 is 16.4 Å². The van der Waals surface area contributed by atoms with Crippen molar-refractivity contribution in [3.8, 4) is 0 Å². The van der Waals surface area contributed by atoms with Crippen molar-refractivity contribution < 1.29 is 18.7 Å². The zero-order valence-corrected chi connectivity index (χ0v) is 15.4. The van der Waals surface area contributed by atoms with Crippen LogP contribution in [0.15, 0.2) is 0 Å². The highest BCUT2D eigenvalue weighted by Gasteiger charge is 2.38. The summed E-state index contributed by atoms with van der Waals surface area (Å²) in [5, 5.41) is 5.84. The molecule has 7 heteroatoms. The number of carbonyl (C=O) groups is 2. The number of amides is 2. The number of nitrogens with one attached hydrogen (secondary N) is 2. The van der Waals surface area contributed by atoms with Gasteiger partial charge in [0.25, 0.3) is 0 Å². The molecule has 0 radical (unpaired) electrons. The molecule has 1 saturated heterocycles. The van der Waals surface area contributed by atoms with Gasteiger partial charge in [0, 0.05) is 19.0 Å². The summed E-state index contributed by atoms with van der Waals surface area (Å²) in [7, 11) is 0. The van der Waals surface area contributed by atoms with Gasteiger partial charge in [0.15, 0.2) is 0 Å². The minimum Gasteiger partial charge on any atom is -0.374 e. The van der Waals surface area contributed by atoms with E-state index in [4.69, 9.17) is 10.5 Å². The van der Waals surface area contributed by atoms with E-state index in [1.54, 1.807) is 0 Å². The van der Waals surface area contributed by atoms with Gasteiger partial charge in [0.1, 0.15) is 6.17 Å². The summed E-state index contributed by atoms with van der Waals surface area (Å²) < 4.78 is 19.7. The Balaban J connectivity index is 1.58. The highest BCUT2D eigenvalue weighted by atomic mass is 19.1. The number of carbonyl (C=O) groups excluding carboxylic acids is 2. The molecule has 6 nitrogen and oxygen atoms in total. The van der Waals surface area contributed by atoms with E-state index >= 15 is 0 Å². The molecule has 0 aromatic rings. The number of hydrogen-bond acceptors (Lipinski definition) is 4. The van der Waals surface area contributed by atoms with Crippen molar-refractivity contribution in [1.29, 1.82) is 0 Å². The van der Waals surface area contributed by atoms with Gasteiger partial charge in [-0.25, -0.2) is 4.39 Å². The van der Waals surface area contributed by atoms with E-state index in [0.717, 1.165) is 38.5 Å². The summed E-state index contributed by atoms with van der Waals surface area (Å²) in [5.74, 6) is 0.154. The molecule has 2 saturated carbocycles. The fourth-order valence-electron chi connectivity index (χ4n) is 4.50. The van der Waals surface area contributed by atoms with Gasteiger partial charge in [0.05, 0.1) is 18.1 Å². The average Bonchev–Trinajstić information content (AvgIpc) is 2.63. The largest absolute Gasteiger partial charge is 0.374 e. The van der Waals surface area contributed by atoms with Crippen LogP contribution in [0.1, 0.15) is 57.8 Å². The Labute approximate surface area is 154 Å². The van der Waals surface area contributed by atoms with Crippen molar-refractivity contribution in [3.63, 3.8) is 0 Å². The normalized spacial score (nSPS) is 38.5. The van der Waals surface area contributed by atoms with Crippen molar-refractivity contribution in [2.45, 2.75) is 82.2 Å². The maximum atomic E-state index is 13.4.